The van der Waals surface area contributed by atoms with E-state index in [1.54, 1.807) is 11.8 Å². The van der Waals surface area contributed by atoms with E-state index in [4.69, 9.17) is 0 Å². The van der Waals surface area contributed by atoms with Crippen molar-refractivity contribution < 1.29 is 5.11 Å². The minimum absolute atomic E-state index is 0.437. The highest BCUT2D eigenvalue weighted by Gasteiger charge is 2.16. The normalized spacial score (nSPS) is 17.3. The van der Waals surface area contributed by atoms with E-state index in [2.05, 4.69) is 17.6 Å². The maximum Gasteiger partial charge on any atom is 0.118 e. The van der Waals surface area contributed by atoms with E-state index in [0.717, 1.165) is 31.0 Å². The summed E-state index contributed by atoms with van der Waals surface area (Å²) in [5, 5.41) is 13.2. The van der Waals surface area contributed by atoms with Gasteiger partial charge in [0.2, 0.25) is 0 Å². The molecule has 0 aliphatic carbocycles. The number of rotatable bonds is 3. The van der Waals surface area contributed by atoms with E-state index >= 15 is 0 Å². The Hall–Kier alpha value is -0.670. The van der Waals surface area contributed by atoms with Crippen molar-refractivity contribution in [2.75, 3.05) is 19.3 Å². The molecule has 94 valence electrons. The van der Waals surface area contributed by atoms with Gasteiger partial charge in [-0.25, -0.2) is 0 Å². The predicted molar refractivity (Wildman–Crippen MR) is 73.9 cm³/mol. The molecule has 1 fully saturated rings. The van der Waals surface area contributed by atoms with Gasteiger partial charge in [0.15, 0.2) is 0 Å². The summed E-state index contributed by atoms with van der Waals surface area (Å²) < 4.78 is 0. The molecule has 0 bridgehead atoms. The number of hydrogen-bond donors (Lipinski definition) is 2. The minimum Gasteiger partial charge on any atom is -0.508 e. The SMILES string of the molecule is CSc1cc(C)c(O)cc1CC1CCNCC1. The summed E-state index contributed by atoms with van der Waals surface area (Å²) in [5.74, 6) is 1.20. The van der Waals surface area contributed by atoms with Gasteiger partial charge in [-0.2, -0.15) is 0 Å². The first-order valence-electron chi connectivity index (χ1n) is 6.28. The van der Waals surface area contributed by atoms with Gasteiger partial charge in [-0.05, 0) is 74.7 Å². The van der Waals surface area contributed by atoms with E-state index in [-0.39, 0.29) is 0 Å². The van der Waals surface area contributed by atoms with E-state index in [1.165, 1.54) is 23.3 Å². The summed E-state index contributed by atoms with van der Waals surface area (Å²) >= 11 is 1.78. The summed E-state index contributed by atoms with van der Waals surface area (Å²) in [5.41, 5.74) is 2.29. The number of phenolic OH excluding ortho intramolecular Hbond substituents is 1. The summed E-state index contributed by atoms with van der Waals surface area (Å²) in [4.78, 5) is 1.32. The van der Waals surface area contributed by atoms with Crippen molar-refractivity contribution in [3.8, 4) is 5.75 Å². The fourth-order valence-corrected chi connectivity index (χ4v) is 3.16. The molecule has 2 N–H and O–H groups in total. The number of nitrogens with one attached hydrogen (secondary N) is 1. The predicted octanol–water partition coefficient (Wildman–Crippen LogP) is 2.96. The first kappa shape index (κ1) is 12.8. The van der Waals surface area contributed by atoms with Crippen LogP contribution in [0.4, 0.5) is 0 Å². The Kier molecular flexibility index (Phi) is 4.35. The highest BCUT2D eigenvalue weighted by Crippen LogP contribution is 2.31. The smallest absolute Gasteiger partial charge is 0.118 e. The molecule has 0 atom stereocenters. The van der Waals surface area contributed by atoms with E-state index < -0.39 is 0 Å². The molecule has 2 nitrogen and oxygen atoms in total. The van der Waals surface area contributed by atoms with Crippen LogP contribution in [0.1, 0.15) is 24.0 Å². The van der Waals surface area contributed by atoms with Crippen molar-refractivity contribution in [2.45, 2.75) is 31.1 Å². The number of hydrogen-bond acceptors (Lipinski definition) is 3. The Labute approximate surface area is 108 Å². The van der Waals surface area contributed by atoms with Crippen molar-refractivity contribution in [3.05, 3.63) is 23.3 Å². The fourth-order valence-electron chi connectivity index (χ4n) is 2.46. The number of aromatic hydroxyl groups is 1. The summed E-state index contributed by atoms with van der Waals surface area (Å²) in [6.07, 6.45) is 5.72. The standard InChI is InChI=1S/C14H21NOS/c1-10-7-14(17-2)12(9-13(10)16)8-11-3-5-15-6-4-11/h7,9,11,15-16H,3-6,8H2,1-2H3. The molecule has 3 heteroatoms. The average molecular weight is 251 g/mol. The van der Waals surface area contributed by atoms with Crippen LogP contribution in [0.3, 0.4) is 0 Å². The van der Waals surface area contributed by atoms with E-state index in [1.807, 2.05) is 13.0 Å². The average Bonchev–Trinajstić information content (AvgIpc) is 2.35. The van der Waals surface area contributed by atoms with Gasteiger partial charge >= 0.3 is 0 Å². The lowest BCUT2D eigenvalue weighted by atomic mass is 9.90. The Morgan fingerprint density at radius 1 is 1.35 bits per heavy atom. The van der Waals surface area contributed by atoms with Crippen LogP contribution in [0.15, 0.2) is 17.0 Å². The molecule has 1 aliphatic heterocycles. The topological polar surface area (TPSA) is 32.3 Å². The van der Waals surface area contributed by atoms with Crippen molar-refractivity contribution in [1.82, 2.24) is 5.32 Å². The summed E-state index contributed by atoms with van der Waals surface area (Å²) in [6.45, 7) is 4.23. The molecule has 0 aromatic heterocycles. The number of benzene rings is 1. The van der Waals surface area contributed by atoms with Crippen LogP contribution in [0, 0.1) is 12.8 Å². The molecule has 0 radical (unpaired) electrons. The van der Waals surface area contributed by atoms with Gasteiger partial charge in [0.1, 0.15) is 5.75 Å². The van der Waals surface area contributed by atoms with Crippen LogP contribution in [0.25, 0.3) is 0 Å². The van der Waals surface area contributed by atoms with Crippen molar-refractivity contribution in [2.24, 2.45) is 5.92 Å². The fraction of sp³-hybridized carbons (Fsp3) is 0.571. The second-order valence-electron chi connectivity index (χ2n) is 4.85. The summed E-state index contributed by atoms with van der Waals surface area (Å²) in [6, 6.07) is 4.07. The van der Waals surface area contributed by atoms with Gasteiger partial charge in [0.25, 0.3) is 0 Å². The van der Waals surface area contributed by atoms with Crippen LogP contribution in [0.5, 0.6) is 5.75 Å². The van der Waals surface area contributed by atoms with Crippen LogP contribution >= 0.6 is 11.8 Å². The lowest BCUT2D eigenvalue weighted by molar-refractivity contribution is 0.370. The molecule has 0 amide bonds. The van der Waals surface area contributed by atoms with Gasteiger partial charge in [-0.3, -0.25) is 0 Å². The lowest BCUT2D eigenvalue weighted by Crippen LogP contribution is -2.28. The molecule has 1 aliphatic rings. The van der Waals surface area contributed by atoms with Gasteiger partial charge in [-0.15, -0.1) is 11.8 Å². The molecule has 2 rings (SSSR count). The third kappa shape index (κ3) is 3.17. The Morgan fingerprint density at radius 3 is 2.71 bits per heavy atom. The maximum absolute atomic E-state index is 9.83. The Balaban J connectivity index is 2.15. The molecule has 1 aromatic carbocycles. The number of thioether (sulfide) groups is 1. The molecule has 1 heterocycles. The molecule has 17 heavy (non-hydrogen) atoms. The quantitative estimate of drug-likeness (QED) is 0.810. The largest absolute Gasteiger partial charge is 0.508 e. The number of aryl methyl sites for hydroxylation is 1. The zero-order valence-electron chi connectivity index (χ0n) is 10.6. The van der Waals surface area contributed by atoms with Gasteiger partial charge < -0.3 is 10.4 Å². The molecular weight excluding hydrogens is 230 g/mol. The number of piperidine rings is 1. The molecule has 0 unspecified atom stereocenters. The Bertz CT molecular complexity index is 386. The van der Waals surface area contributed by atoms with Gasteiger partial charge in [0, 0.05) is 4.90 Å². The van der Waals surface area contributed by atoms with Crippen LogP contribution in [0.2, 0.25) is 0 Å². The third-order valence-electron chi connectivity index (χ3n) is 3.57. The van der Waals surface area contributed by atoms with Gasteiger partial charge in [-0.1, -0.05) is 0 Å². The highest BCUT2D eigenvalue weighted by molar-refractivity contribution is 7.98. The first-order chi connectivity index (χ1) is 8.20. The third-order valence-corrected chi connectivity index (χ3v) is 4.39. The van der Waals surface area contributed by atoms with Crippen molar-refractivity contribution in [3.63, 3.8) is 0 Å². The number of phenols is 1. The van der Waals surface area contributed by atoms with Crippen LogP contribution in [-0.2, 0) is 6.42 Å². The van der Waals surface area contributed by atoms with Crippen LogP contribution in [-0.4, -0.2) is 24.5 Å². The van der Waals surface area contributed by atoms with Crippen LogP contribution < -0.4 is 5.32 Å². The highest BCUT2D eigenvalue weighted by atomic mass is 32.2. The van der Waals surface area contributed by atoms with Crippen molar-refractivity contribution >= 4 is 11.8 Å². The van der Waals surface area contributed by atoms with Crippen molar-refractivity contribution in [1.29, 1.82) is 0 Å². The van der Waals surface area contributed by atoms with E-state index in [0.29, 0.717) is 5.75 Å². The second-order valence-corrected chi connectivity index (χ2v) is 5.70. The Morgan fingerprint density at radius 2 is 2.06 bits per heavy atom. The minimum atomic E-state index is 0.437. The zero-order chi connectivity index (χ0) is 12.3. The molecule has 0 spiro atoms. The molecule has 0 saturated carbocycles. The zero-order valence-corrected chi connectivity index (χ0v) is 11.4. The molecular formula is C14H21NOS. The van der Waals surface area contributed by atoms with Gasteiger partial charge in [0.05, 0.1) is 0 Å². The molecule has 1 aromatic rings. The first-order valence-corrected chi connectivity index (χ1v) is 7.50. The van der Waals surface area contributed by atoms with E-state index in [9.17, 15) is 5.11 Å². The second kappa shape index (κ2) is 5.78. The summed E-state index contributed by atoms with van der Waals surface area (Å²) in [7, 11) is 0. The maximum atomic E-state index is 9.83. The molecule has 1 saturated heterocycles. The lowest BCUT2D eigenvalue weighted by Gasteiger charge is -2.23. The monoisotopic (exact) mass is 251 g/mol.